The summed E-state index contributed by atoms with van der Waals surface area (Å²) in [6.07, 6.45) is 5.34. The van der Waals surface area contributed by atoms with Crippen molar-refractivity contribution < 1.29 is 30.5 Å². The maximum atomic E-state index is 12.6. The fourth-order valence-electron chi connectivity index (χ4n) is 2.96. The lowest BCUT2D eigenvalue weighted by Gasteiger charge is -2.39. The number of para-hydroxylation sites is 1. The molecule has 1 heterocycles. The van der Waals surface area contributed by atoms with Crippen molar-refractivity contribution in [2.45, 2.75) is 43.2 Å². The average molecular weight is 348 g/mol. The van der Waals surface area contributed by atoms with Crippen molar-refractivity contribution in [3.63, 3.8) is 0 Å². The summed E-state index contributed by atoms with van der Waals surface area (Å²) >= 11 is 0. The third kappa shape index (κ3) is 3.04. The van der Waals surface area contributed by atoms with Gasteiger partial charge in [-0.3, -0.25) is 0 Å². The van der Waals surface area contributed by atoms with Gasteiger partial charge in [0.15, 0.2) is 5.76 Å². The molecule has 8 heteroatoms. The molecule has 0 unspecified atom stereocenters. The maximum Gasteiger partial charge on any atom is 0.534 e. The molecule has 126 valence electrons. The molecule has 1 fully saturated rings. The highest BCUT2D eigenvalue weighted by atomic mass is 32.2. The molecule has 0 bridgehead atoms. The molecule has 1 spiro atoms. The van der Waals surface area contributed by atoms with Crippen LogP contribution in [0.15, 0.2) is 30.3 Å². The summed E-state index contributed by atoms with van der Waals surface area (Å²) in [5.74, 6) is 0.0235. The predicted molar refractivity (Wildman–Crippen MR) is 76.9 cm³/mol. The summed E-state index contributed by atoms with van der Waals surface area (Å²) < 4.78 is 71.0. The van der Waals surface area contributed by atoms with E-state index in [-0.39, 0.29) is 11.3 Å². The van der Waals surface area contributed by atoms with E-state index in [1.165, 1.54) is 12.1 Å². The monoisotopic (exact) mass is 348 g/mol. The van der Waals surface area contributed by atoms with Gasteiger partial charge in [-0.15, -0.1) is 0 Å². The molecular formula is C15H15F3O4S. The van der Waals surface area contributed by atoms with E-state index in [4.69, 9.17) is 4.74 Å². The fourth-order valence-corrected chi connectivity index (χ4v) is 3.42. The summed E-state index contributed by atoms with van der Waals surface area (Å²) in [4.78, 5) is 0. The molecule has 23 heavy (non-hydrogen) atoms. The van der Waals surface area contributed by atoms with Gasteiger partial charge < -0.3 is 8.92 Å². The highest BCUT2D eigenvalue weighted by Gasteiger charge is 2.50. The van der Waals surface area contributed by atoms with Crippen LogP contribution in [0.25, 0.3) is 5.76 Å². The van der Waals surface area contributed by atoms with Gasteiger partial charge in [0.1, 0.15) is 11.4 Å². The molecule has 1 aliphatic carbocycles. The van der Waals surface area contributed by atoms with E-state index >= 15 is 0 Å². The number of fused-ring (bicyclic) bond motifs is 1. The number of hydrogen-bond donors (Lipinski definition) is 0. The zero-order chi connectivity index (χ0) is 16.7. The van der Waals surface area contributed by atoms with Gasteiger partial charge >= 0.3 is 15.6 Å². The Hall–Kier alpha value is -1.70. The molecular weight excluding hydrogens is 333 g/mol. The maximum absolute atomic E-state index is 12.6. The van der Waals surface area contributed by atoms with Crippen LogP contribution in [-0.2, 0) is 14.3 Å². The minimum atomic E-state index is -5.72. The Balaban J connectivity index is 2.04. The summed E-state index contributed by atoms with van der Waals surface area (Å²) in [7, 11) is -5.72. The van der Waals surface area contributed by atoms with Crippen molar-refractivity contribution in [2.24, 2.45) is 0 Å². The van der Waals surface area contributed by atoms with Crippen LogP contribution in [-0.4, -0.2) is 19.5 Å². The van der Waals surface area contributed by atoms with Gasteiger partial charge in [-0.1, -0.05) is 18.6 Å². The number of rotatable bonds is 2. The number of alkyl halides is 3. The largest absolute Gasteiger partial charge is 0.534 e. The Morgan fingerprint density at radius 3 is 2.39 bits per heavy atom. The Labute approximate surface area is 132 Å². The van der Waals surface area contributed by atoms with Crippen molar-refractivity contribution >= 4 is 15.9 Å². The highest BCUT2D eigenvalue weighted by Crippen LogP contribution is 2.44. The molecule has 0 aromatic heterocycles. The standard InChI is InChI=1S/C15H15F3O4S/c16-15(17,18)23(19,20)22-13-10-14(8-4-1-5-9-14)21-12-7-3-2-6-11(12)13/h2-3,6-7,10H,1,4-5,8-9H2. The van der Waals surface area contributed by atoms with Crippen LogP contribution in [0.3, 0.4) is 0 Å². The van der Waals surface area contributed by atoms with Crippen LogP contribution in [0, 0.1) is 0 Å². The molecule has 1 aromatic carbocycles. The Morgan fingerprint density at radius 1 is 1.09 bits per heavy atom. The van der Waals surface area contributed by atoms with Crippen molar-refractivity contribution in [1.29, 1.82) is 0 Å². The number of benzene rings is 1. The molecule has 0 radical (unpaired) electrons. The summed E-state index contributed by atoms with van der Waals surface area (Å²) in [6.45, 7) is 0. The quantitative estimate of drug-likeness (QED) is 0.599. The number of halogens is 3. The van der Waals surface area contributed by atoms with E-state index in [0.717, 1.165) is 19.3 Å². The molecule has 0 amide bonds. The molecule has 0 N–H and O–H groups in total. The van der Waals surface area contributed by atoms with Gasteiger partial charge in [0.25, 0.3) is 0 Å². The third-order valence-corrected chi connectivity index (χ3v) is 5.01. The molecule has 0 saturated heterocycles. The van der Waals surface area contributed by atoms with Crippen molar-refractivity contribution in [2.75, 3.05) is 0 Å². The van der Waals surface area contributed by atoms with E-state index in [9.17, 15) is 21.6 Å². The first-order valence-corrected chi connectivity index (χ1v) is 8.65. The SMILES string of the molecule is O=S(=O)(OC1=CC2(CCCCC2)Oc2ccccc21)C(F)(F)F. The number of hydrogen-bond acceptors (Lipinski definition) is 4. The second kappa shape index (κ2) is 5.43. The Morgan fingerprint density at radius 2 is 1.74 bits per heavy atom. The molecule has 1 aliphatic heterocycles. The lowest BCUT2D eigenvalue weighted by atomic mass is 9.82. The smallest absolute Gasteiger partial charge is 0.482 e. The Bertz CT molecular complexity index is 731. The second-order valence-corrected chi connectivity index (χ2v) is 7.25. The predicted octanol–water partition coefficient (Wildman–Crippen LogP) is 3.99. The second-order valence-electron chi connectivity index (χ2n) is 5.72. The van der Waals surface area contributed by atoms with Crippen LogP contribution < -0.4 is 4.74 Å². The average Bonchev–Trinajstić information content (AvgIpc) is 2.46. The van der Waals surface area contributed by atoms with Crippen molar-refractivity contribution in [3.8, 4) is 5.75 Å². The molecule has 4 nitrogen and oxygen atoms in total. The van der Waals surface area contributed by atoms with Crippen LogP contribution in [0.1, 0.15) is 37.7 Å². The van der Waals surface area contributed by atoms with E-state index in [1.807, 2.05) is 0 Å². The van der Waals surface area contributed by atoms with E-state index in [1.54, 1.807) is 18.2 Å². The fraction of sp³-hybridized carbons (Fsp3) is 0.467. The molecule has 1 saturated carbocycles. The van der Waals surface area contributed by atoms with Crippen molar-refractivity contribution in [3.05, 3.63) is 35.9 Å². The molecule has 1 aromatic rings. The minimum absolute atomic E-state index is 0.205. The topological polar surface area (TPSA) is 52.6 Å². The van der Waals surface area contributed by atoms with Gasteiger partial charge in [-0.05, 0) is 37.8 Å². The van der Waals surface area contributed by atoms with Gasteiger partial charge in [0.2, 0.25) is 0 Å². The zero-order valence-electron chi connectivity index (χ0n) is 12.1. The minimum Gasteiger partial charge on any atom is -0.482 e. The van der Waals surface area contributed by atoms with Crippen LogP contribution in [0.5, 0.6) is 5.75 Å². The van der Waals surface area contributed by atoms with E-state index in [2.05, 4.69) is 4.18 Å². The third-order valence-electron chi connectivity index (χ3n) is 4.04. The zero-order valence-corrected chi connectivity index (χ0v) is 12.9. The lowest BCUT2D eigenvalue weighted by molar-refractivity contribution is -0.0511. The highest BCUT2D eigenvalue weighted by molar-refractivity contribution is 7.87. The lowest BCUT2D eigenvalue weighted by Crippen LogP contribution is -2.39. The van der Waals surface area contributed by atoms with Gasteiger partial charge in [-0.2, -0.15) is 21.6 Å². The first-order valence-electron chi connectivity index (χ1n) is 7.25. The van der Waals surface area contributed by atoms with Crippen LogP contribution >= 0.6 is 0 Å². The van der Waals surface area contributed by atoms with E-state index in [0.29, 0.717) is 18.6 Å². The summed E-state index contributed by atoms with van der Waals surface area (Å²) in [5, 5.41) is 0. The number of ether oxygens (including phenoxy) is 1. The molecule has 0 atom stereocenters. The van der Waals surface area contributed by atoms with Crippen LogP contribution in [0.4, 0.5) is 13.2 Å². The van der Waals surface area contributed by atoms with Gasteiger partial charge in [0.05, 0.1) is 5.56 Å². The summed E-state index contributed by atoms with van der Waals surface area (Å²) in [6, 6.07) is 6.33. The summed E-state index contributed by atoms with van der Waals surface area (Å²) in [5.41, 5.74) is -6.07. The van der Waals surface area contributed by atoms with Gasteiger partial charge in [-0.25, -0.2) is 0 Å². The first-order chi connectivity index (χ1) is 10.7. The first kappa shape index (κ1) is 16.2. The normalized spacial score (nSPS) is 20.4. The Kier molecular flexibility index (Phi) is 3.82. The molecule has 2 aliphatic rings. The van der Waals surface area contributed by atoms with E-state index < -0.39 is 21.2 Å². The van der Waals surface area contributed by atoms with Gasteiger partial charge in [0, 0.05) is 6.08 Å². The molecule has 3 rings (SSSR count). The van der Waals surface area contributed by atoms with Crippen molar-refractivity contribution in [1.82, 2.24) is 0 Å². The van der Waals surface area contributed by atoms with Crippen LogP contribution in [0.2, 0.25) is 0 Å².